The zero-order chi connectivity index (χ0) is 11.7. The molecule has 1 heterocycles. The Labute approximate surface area is 102 Å². The van der Waals surface area contributed by atoms with Crippen molar-refractivity contribution >= 4 is 5.78 Å². The maximum atomic E-state index is 12.3. The maximum Gasteiger partial charge on any atom is 0.153 e. The molecule has 90 valence electrons. The Hall–Kier alpha value is -1.15. The van der Waals surface area contributed by atoms with Gasteiger partial charge in [-0.2, -0.15) is 0 Å². The molecular weight excluding hydrogens is 210 g/mol. The molecule has 0 spiro atoms. The fourth-order valence-electron chi connectivity index (χ4n) is 2.93. The molecule has 1 aromatic carbocycles. The quantitative estimate of drug-likeness (QED) is 0.862. The van der Waals surface area contributed by atoms with E-state index in [9.17, 15) is 4.79 Å². The van der Waals surface area contributed by atoms with Crippen molar-refractivity contribution < 1.29 is 4.79 Å². The summed E-state index contributed by atoms with van der Waals surface area (Å²) in [5.41, 5.74) is 1.33. The summed E-state index contributed by atoms with van der Waals surface area (Å²) in [5, 5.41) is 3.36. The predicted octanol–water partition coefficient (Wildman–Crippen LogP) is 2.50. The number of nitrogens with one attached hydrogen (secondary N) is 1. The SMILES string of the molecule is O=C(C1CCCCN1)C1CC1c1ccccc1. The summed E-state index contributed by atoms with van der Waals surface area (Å²) < 4.78 is 0. The van der Waals surface area contributed by atoms with Crippen LogP contribution in [0.1, 0.15) is 37.2 Å². The molecule has 1 N–H and O–H groups in total. The first-order valence-electron chi connectivity index (χ1n) is 6.68. The summed E-state index contributed by atoms with van der Waals surface area (Å²) in [6, 6.07) is 10.6. The van der Waals surface area contributed by atoms with Crippen molar-refractivity contribution in [1.82, 2.24) is 5.32 Å². The monoisotopic (exact) mass is 229 g/mol. The number of piperidine rings is 1. The average Bonchev–Trinajstić information content (AvgIpc) is 3.20. The van der Waals surface area contributed by atoms with Crippen LogP contribution in [0.15, 0.2) is 30.3 Å². The second kappa shape index (κ2) is 4.61. The Kier molecular flexibility index (Phi) is 2.98. The molecule has 1 saturated heterocycles. The second-order valence-electron chi connectivity index (χ2n) is 5.26. The van der Waals surface area contributed by atoms with Crippen LogP contribution in [-0.2, 0) is 4.79 Å². The van der Waals surface area contributed by atoms with Gasteiger partial charge in [0.05, 0.1) is 6.04 Å². The molecule has 1 aliphatic carbocycles. The molecule has 0 radical (unpaired) electrons. The fourth-order valence-corrected chi connectivity index (χ4v) is 2.93. The van der Waals surface area contributed by atoms with Crippen molar-refractivity contribution in [3.05, 3.63) is 35.9 Å². The molecule has 3 rings (SSSR count). The Balaban J connectivity index is 1.62. The van der Waals surface area contributed by atoms with Gasteiger partial charge in [-0.05, 0) is 37.3 Å². The summed E-state index contributed by atoms with van der Waals surface area (Å²) in [6.07, 6.45) is 4.51. The van der Waals surface area contributed by atoms with Gasteiger partial charge in [0.25, 0.3) is 0 Å². The molecule has 0 bridgehead atoms. The van der Waals surface area contributed by atoms with Crippen LogP contribution < -0.4 is 5.32 Å². The highest BCUT2D eigenvalue weighted by molar-refractivity contribution is 5.89. The molecule has 2 nitrogen and oxygen atoms in total. The molecule has 1 aliphatic heterocycles. The number of ketones is 1. The van der Waals surface area contributed by atoms with Crippen molar-refractivity contribution in [1.29, 1.82) is 0 Å². The first-order chi connectivity index (χ1) is 8.36. The molecule has 0 aromatic heterocycles. The van der Waals surface area contributed by atoms with Crippen LogP contribution in [0.3, 0.4) is 0 Å². The number of benzene rings is 1. The summed E-state index contributed by atoms with van der Waals surface area (Å²) in [7, 11) is 0. The van der Waals surface area contributed by atoms with E-state index < -0.39 is 0 Å². The minimum atomic E-state index is 0.141. The van der Waals surface area contributed by atoms with Crippen molar-refractivity contribution in [2.75, 3.05) is 6.54 Å². The molecular formula is C15H19NO. The highest BCUT2D eigenvalue weighted by Gasteiger charge is 2.45. The van der Waals surface area contributed by atoms with Crippen LogP contribution >= 0.6 is 0 Å². The van der Waals surface area contributed by atoms with Crippen molar-refractivity contribution in [2.24, 2.45) is 5.92 Å². The topological polar surface area (TPSA) is 29.1 Å². The molecule has 2 heteroatoms. The van der Waals surface area contributed by atoms with Crippen LogP contribution in [0.4, 0.5) is 0 Å². The number of Topliss-reactive ketones (excluding diaryl/α,β-unsaturated/α-hetero) is 1. The third kappa shape index (κ3) is 2.27. The third-order valence-electron chi connectivity index (χ3n) is 4.04. The van der Waals surface area contributed by atoms with E-state index in [2.05, 4.69) is 29.6 Å². The number of rotatable bonds is 3. The summed E-state index contributed by atoms with van der Waals surface area (Å²) in [4.78, 5) is 12.3. The lowest BCUT2D eigenvalue weighted by molar-refractivity contribution is -0.122. The van der Waals surface area contributed by atoms with Crippen LogP contribution in [0, 0.1) is 5.92 Å². The molecule has 1 saturated carbocycles. The van der Waals surface area contributed by atoms with E-state index in [1.807, 2.05) is 6.07 Å². The van der Waals surface area contributed by atoms with Crippen LogP contribution in [0.25, 0.3) is 0 Å². The van der Waals surface area contributed by atoms with Crippen LogP contribution in [0.5, 0.6) is 0 Å². The molecule has 2 aliphatic rings. The number of carbonyl (C=O) groups is 1. The van der Waals surface area contributed by atoms with E-state index in [1.54, 1.807) is 0 Å². The Morgan fingerprint density at radius 2 is 2.00 bits per heavy atom. The third-order valence-corrected chi connectivity index (χ3v) is 4.04. The molecule has 1 aromatic rings. The zero-order valence-corrected chi connectivity index (χ0v) is 10.1. The summed E-state index contributed by atoms with van der Waals surface area (Å²) >= 11 is 0. The summed E-state index contributed by atoms with van der Waals surface area (Å²) in [5.74, 6) is 1.24. The van der Waals surface area contributed by atoms with E-state index >= 15 is 0 Å². The maximum absolute atomic E-state index is 12.3. The smallest absolute Gasteiger partial charge is 0.153 e. The van der Waals surface area contributed by atoms with Gasteiger partial charge in [-0.25, -0.2) is 0 Å². The first kappa shape index (κ1) is 11.0. The normalized spacial score (nSPS) is 32.1. The van der Waals surface area contributed by atoms with Gasteiger partial charge < -0.3 is 5.32 Å². The highest BCUT2D eigenvalue weighted by Crippen LogP contribution is 2.48. The van der Waals surface area contributed by atoms with Gasteiger partial charge >= 0.3 is 0 Å². The Morgan fingerprint density at radius 1 is 1.18 bits per heavy atom. The standard InChI is InChI=1S/C15H19NO/c17-15(14-8-4-5-9-16-14)13-10-12(13)11-6-2-1-3-7-11/h1-3,6-7,12-14,16H,4-5,8-10H2. The minimum Gasteiger partial charge on any atom is -0.307 e. The Morgan fingerprint density at radius 3 is 2.71 bits per heavy atom. The highest BCUT2D eigenvalue weighted by atomic mass is 16.1. The molecule has 2 fully saturated rings. The largest absolute Gasteiger partial charge is 0.307 e. The lowest BCUT2D eigenvalue weighted by atomic mass is 9.96. The fraction of sp³-hybridized carbons (Fsp3) is 0.533. The van der Waals surface area contributed by atoms with Gasteiger partial charge in [0.1, 0.15) is 0 Å². The van der Waals surface area contributed by atoms with Crippen molar-refractivity contribution in [3.63, 3.8) is 0 Å². The average molecular weight is 229 g/mol. The predicted molar refractivity (Wildman–Crippen MR) is 67.9 cm³/mol. The van der Waals surface area contributed by atoms with Crippen LogP contribution in [-0.4, -0.2) is 18.4 Å². The van der Waals surface area contributed by atoms with Crippen molar-refractivity contribution in [2.45, 2.75) is 37.6 Å². The van der Waals surface area contributed by atoms with Gasteiger partial charge in [-0.1, -0.05) is 36.8 Å². The second-order valence-corrected chi connectivity index (χ2v) is 5.26. The zero-order valence-electron chi connectivity index (χ0n) is 10.1. The number of carbonyl (C=O) groups excluding carboxylic acids is 1. The van der Waals surface area contributed by atoms with Gasteiger partial charge in [-0.15, -0.1) is 0 Å². The van der Waals surface area contributed by atoms with Gasteiger partial charge in [0.2, 0.25) is 0 Å². The Bertz CT molecular complexity index is 395. The van der Waals surface area contributed by atoms with E-state index in [4.69, 9.17) is 0 Å². The molecule has 3 unspecified atom stereocenters. The van der Waals surface area contributed by atoms with E-state index in [0.717, 1.165) is 19.4 Å². The molecule has 0 amide bonds. The lowest BCUT2D eigenvalue weighted by Crippen LogP contribution is -2.41. The van der Waals surface area contributed by atoms with Gasteiger partial charge in [0, 0.05) is 5.92 Å². The number of hydrogen-bond acceptors (Lipinski definition) is 2. The van der Waals surface area contributed by atoms with E-state index in [-0.39, 0.29) is 12.0 Å². The van der Waals surface area contributed by atoms with E-state index in [0.29, 0.717) is 11.7 Å². The summed E-state index contributed by atoms with van der Waals surface area (Å²) in [6.45, 7) is 1.01. The minimum absolute atomic E-state index is 0.141. The first-order valence-corrected chi connectivity index (χ1v) is 6.68. The molecule has 3 atom stereocenters. The molecule has 17 heavy (non-hydrogen) atoms. The van der Waals surface area contributed by atoms with Gasteiger partial charge in [0.15, 0.2) is 5.78 Å². The lowest BCUT2D eigenvalue weighted by Gasteiger charge is -2.22. The van der Waals surface area contributed by atoms with Gasteiger partial charge in [-0.3, -0.25) is 4.79 Å². The van der Waals surface area contributed by atoms with Crippen molar-refractivity contribution in [3.8, 4) is 0 Å². The van der Waals surface area contributed by atoms with Crippen LogP contribution in [0.2, 0.25) is 0 Å². The van der Waals surface area contributed by atoms with E-state index in [1.165, 1.54) is 18.4 Å². The number of hydrogen-bond donors (Lipinski definition) is 1.